The summed E-state index contributed by atoms with van der Waals surface area (Å²) < 4.78 is 131. The maximum Gasteiger partial charge on any atom is 0.329 e. The highest BCUT2D eigenvalue weighted by atomic mass is 35.5. The van der Waals surface area contributed by atoms with Crippen LogP contribution in [-0.2, 0) is 9.53 Å². The van der Waals surface area contributed by atoms with E-state index < -0.39 is 62.5 Å². The fourth-order valence-corrected chi connectivity index (χ4v) is 2.32. The van der Waals surface area contributed by atoms with Crippen molar-refractivity contribution in [2.24, 2.45) is 0 Å². The Bertz CT molecular complexity index is 1300. The van der Waals surface area contributed by atoms with Crippen molar-refractivity contribution in [1.29, 1.82) is 0 Å². The minimum absolute atomic E-state index is 0.0644. The smallest absolute Gasteiger partial charge is 0.329 e. The zero-order valence-electron chi connectivity index (χ0n) is 28.7. The number of ether oxygens (including phenoxy) is 1. The summed E-state index contributed by atoms with van der Waals surface area (Å²) in [6, 6.07) is 9.16. The van der Waals surface area contributed by atoms with E-state index in [-0.39, 0.29) is 21.0 Å². The van der Waals surface area contributed by atoms with Gasteiger partial charge in [0.15, 0.2) is 0 Å². The molecule has 5 nitrogen and oxygen atoms in total. The van der Waals surface area contributed by atoms with Crippen molar-refractivity contribution in [2.45, 2.75) is 6.02 Å². The number of hydrogen-bond donors (Lipinski definition) is 1. The molecule has 1 N–H and O–H groups in total. The molecule has 1 saturated heterocycles. The lowest BCUT2D eigenvalue weighted by atomic mass is 9.96. The molecule has 0 radical (unpaired) electrons. The molecule has 0 spiro atoms. The first-order chi connectivity index (χ1) is 18.7. The van der Waals surface area contributed by atoms with Gasteiger partial charge >= 0.3 is 5.97 Å². The second-order valence-corrected chi connectivity index (χ2v) is 5.50. The van der Waals surface area contributed by atoms with Gasteiger partial charge in [-0.15, -0.1) is 0 Å². The molecule has 1 heterocycles. The van der Waals surface area contributed by atoms with Gasteiger partial charge < -0.3 is 9.84 Å². The zero-order chi connectivity index (χ0) is 32.5. The molecule has 6 heteroatoms. The Balaban J connectivity index is 2.36. The number of halogens is 1. The second-order valence-electron chi connectivity index (χ2n) is 5.06. The van der Waals surface area contributed by atoms with Crippen molar-refractivity contribution in [2.75, 3.05) is 45.6 Å². The SMILES string of the molecule is [2H]C([2H])(OC([2H])([2H])C([2H])([2H])N1C([2H])([2H])C([2H])([2H])N(C([2H])(c2ccccc2)c2ccc(Cl)cc2)C([2H])([2H])C1([2H])[2H])C(=O)O. The lowest BCUT2D eigenvalue weighted by Crippen LogP contribution is -2.48. The van der Waals surface area contributed by atoms with Crippen LogP contribution >= 0.6 is 11.6 Å². The van der Waals surface area contributed by atoms with Gasteiger partial charge in [0.2, 0.25) is 0 Å². The first-order valence-corrected chi connectivity index (χ1v) is 7.98. The summed E-state index contributed by atoms with van der Waals surface area (Å²) in [5.74, 6) is -2.41. The Morgan fingerprint density at radius 2 is 1.78 bits per heavy atom. The Morgan fingerprint density at radius 3 is 2.41 bits per heavy atom. The fourth-order valence-electron chi connectivity index (χ4n) is 2.19. The van der Waals surface area contributed by atoms with Crippen molar-refractivity contribution < 1.29 is 35.2 Å². The van der Waals surface area contributed by atoms with E-state index >= 15 is 0 Å². The summed E-state index contributed by atoms with van der Waals surface area (Å²) in [7, 11) is 0. The summed E-state index contributed by atoms with van der Waals surface area (Å²) in [4.78, 5) is 10.4. The van der Waals surface area contributed by atoms with Crippen molar-refractivity contribution in [3.05, 3.63) is 70.7 Å². The molecule has 3 rings (SSSR count). The number of benzene rings is 2. The molecule has 2 aromatic carbocycles. The van der Waals surface area contributed by atoms with Gasteiger partial charge in [0, 0.05) is 51.2 Å². The quantitative estimate of drug-likeness (QED) is 0.733. The molecule has 1 atom stereocenters. The van der Waals surface area contributed by atoms with Gasteiger partial charge in [-0.2, -0.15) is 0 Å². The Labute approximate surface area is 186 Å². The van der Waals surface area contributed by atoms with Crippen LogP contribution in [0, 0.1) is 0 Å². The number of carboxylic acid groups (broad SMARTS) is 1. The standard InChI is InChI=1S/C21H25ClN2O3/c22-19-8-6-18(7-9-19)21(17-4-2-1-3-5-17)24-12-10-23(11-13-24)14-15-27-16-20(25)26/h1-9,21H,10-16H2,(H,25,26)/i10D2,11D2,12D2,13D2,14D2,15D2,16D2,21D. The van der Waals surface area contributed by atoms with E-state index in [1.54, 1.807) is 0 Å². The maximum absolute atomic E-state index is 11.2. The van der Waals surface area contributed by atoms with Crippen LogP contribution in [-0.4, -0.2) is 66.5 Å². The number of carboxylic acids is 1. The van der Waals surface area contributed by atoms with Gasteiger partial charge in [0.05, 0.1) is 19.4 Å². The fraction of sp³-hybridized carbons (Fsp3) is 0.381. The van der Waals surface area contributed by atoms with Crippen LogP contribution in [0.3, 0.4) is 0 Å². The van der Waals surface area contributed by atoms with Crippen LogP contribution in [0.2, 0.25) is 5.02 Å². The van der Waals surface area contributed by atoms with Gasteiger partial charge in [0.25, 0.3) is 0 Å². The molecule has 1 unspecified atom stereocenters. The molecular formula is C21H25ClN2O3. The van der Waals surface area contributed by atoms with Crippen LogP contribution in [0.4, 0.5) is 0 Å². The molecule has 0 aliphatic carbocycles. The number of nitrogens with zero attached hydrogens (tertiary/aromatic N) is 2. The predicted molar refractivity (Wildman–Crippen MR) is 106 cm³/mol. The Morgan fingerprint density at radius 1 is 1.15 bits per heavy atom. The average Bonchev–Trinajstić information content (AvgIpc) is 2.82. The van der Waals surface area contributed by atoms with Gasteiger partial charge in [-0.3, -0.25) is 9.80 Å². The number of hydrogen-bond acceptors (Lipinski definition) is 4. The molecule has 1 fully saturated rings. The summed E-state index contributed by atoms with van der Waals surface area (Å²) in [5, 5.41) is 9.18. The molecule has 2 aromatic rings. The highest BCUT2D eigenvalue weighted by Gasteiger charge is 2.26. The van der Waals surface area contributed by atoms with Gasteiger partial charge in [-0.1, -0.05) is 54.1 Å². The zero-order valence-corrected chi connectivity index (χ0v) is 14.5. The number of piperazine rings is 1. The van der Waals surface area contributed by atoms with Gasteiger partial charge in [-0.05, 0) is 23.3 Å². The lowest BCUT2D eigenvalue weighted by molar-refractivity contribution is -0.142. The predicted octanol–water partition coefficient (Wildman–Crippen LogP) is 3.15. The topological polar surface area (TPSA) is 53.0 Å². The van der Waals surface area contributed by atoms with E-state index in [2.05, 4.69) is 4.74 Å². The third-order valence-corrected chi connectivity index (χ3v) is 3.53. The van der Waals surface area contributed by atoms with Crippen LogP contribution in [0.1, 0.15) is 37.7 Å². The molecule has 0 bridgehead atoms. The highest BCUT2D eigenvalue weighted by molar-refractivity contribution is 6.30. The molecule has 1 aliphatic rings. The molecule has 0 aromatic heterocycles. The minimum atomic E-state index is -4.28. The summed E-state index contributed by atoms with van der Waals surface area (Å²) in [5.41, 5.74) is -0.348. The normalized spacial score (nSPS) is 35.4. The largest absolute Gasteiger partial charge is 0.480 e. The maximum atomic E-state index is 11.2. The number of rotatable bonds is 8. The van der Waals surface area contributed by atoms with Crippen molar-refractivity contribution in [3.63, 3.8) is 0 Å². The summed E-state index contributed by atoms with van der Waals surface area (Å²) >= 11 is 5.97. The van der Waals surface area contributed by atoms with Crippen molar-refractivity contribution in [3.8, 4) is 0 Å². The van der Waals surface area contributed by atoms with E-state index in [1.165, 1.54) is 54.6 Å². The number of carbonyl (C=O) groups is 1. The van der Waals surface area contributed by atoms with Crippen LogP contribution in [0.15, 0.2) is 54.6 Å². The Kier molecular flexibility index (Phi) is 3.00. The van der Waals surface area contributed by atoms with Gasteiger partial charge in [0.1, 0.15) is 6.56 Å². The van der Waals surface area contributed by atoms with E-state index in [0.717, 1.165) is 0 Å². The summed E-state index contributed by atoms with van der Waals surface area (Å²) in [6.07, 6.45) is 0. The number of aliphatic carboxylic acids is 1. The van der Waals surface area contributed by atoms with Crippen LogP contribution < -0.4 is 0 Å². The van der Waals surface area contributed by atoms with Gasteiger partial charge in [-0.25, -0.2) is 4.79 Å². The van der Waals surface area contributed by atoms with E-state index in [4.69, 9.17) is 35.9 Å². The molecule has 1 aliphatic heterocycles. The lowest BCUT2D eigenvalue weighted by Gasteiger charge is -2.39. The first-order valence-electron chi connectivity index (χ1n) is 15.1. The van der Waals surface area contributed by atoms with Crippen molar-refractivity contribution in [1.82, 2.24) is 9.80 Å². The average molecular weight is 404 g/mol. The second kappa shape index (κ2) is 9.85. The molecule has 0 saturated carbocycles. The monoisotopic (exact) mass is 403 g/mol. The third kappa shape index (κ3) is 5.78. The van der Waals surface area contributed by atoms with E-state index in [0.29, 0.717) is 0 Å². The minimum Gasteiger partial charge on any atom is -0.480 e. The Hall–Kier alpha value is -1.92. The molecule has 144 valence electrons. The van der Waals surface area contributed by atoms with Crippen LogP contribution in [0.5, 0.6) is 0 Å². The molecule has 0 amide bonds. The molecular weight excluding hydrogens is 364 g/mol. The molecule has 27 heavy (non-hydrogen) atoms. The van der Waals surface area contributed by atoms with E-state index in [1.807, 2.05) is 0 Å². The highest BCUT2D eigenvalue weighted by Crippen LogP contribution is 2.30. The summed E-state index contributed by atoms with van der Waals surface area (Å²) in [6.45, 7) is -28.3. The third-order valence-electron chi connectivity index (χ3n) is 3.28. The van der Waals surface area contributed by atoms with Crippen molar-refractivity contribution >= 4 is 17.6 Å². The van der Waals surface area contributed by atoms with E-state index in [9.17, 15) is 6.17 Å². The van der Waals surface area contributed by atoms with Crippen LogP contribution in [0.25, 0.3) is 0 Å². The first kappa shape index (κ1) is 8.21.